The van der Waals surface area contributed by atoms with E-state index in [1.54, 1.807) is 0 Å². The van der Waals surface area contributed by atoms with Crippen molar-refractivity contribution in [1.82, 2.24) is 10.2 Å². The quantitative estimate of drug-likeness (QED) is 0.584. The van der Waals surface area contributed by atoms with Gasteiger partial charge in [-0.25, -0.2) is 0 Å². The van der Waals surface area contributed by atoms with Gasteiger partial charge >= 0.3 is 0 Å². The van der Waals surface area contributed by atoms with Gasteiger partial charge < -0.3 is 10.2 Å². The largest absolute Gasteiger partial charge is 0.313 e. The standard InChI is InChI=1S/C14H32N2/c1-5-9-14(15-10-6-2)13-16(11-7-3)12-8-4/h14-15H,5-13H2,1-4H3. The fraction of sp³-hybridized carbons (Fsp3) is 1.00. The van der Waals surface area contributed by atoms with E-state index in [-0.39, 0.29) is 0 Å². The summed E-state index contributed by atoms with van der Waals surface area (Å²) in [4.78, 5) is 2.61. The highest BCUT2D eigenvalue weighted by Crippen LogP contribution is 2.02. The van der Waals surface area contributed by atoms with Crippen molar-refractivity contribution in [3.8, 4) is 0 Å². The van der Waals surface area contributed by atoms with E-state index < -0.39 is 0 Å². The van der Waals surface area contributed by atoms with Crippen LogP contribution in [-0.2, 0) is 0 Å². The second kappa shape index (κ2) is 11.4. The van der Waals surface area contributed by atoms with Crippen molar-refractivity contribution in [1.29, 1.82) is 0 Å². The zero-order chi connectivity index (χ0) is 12.2. The van der Waals surface area contributed by atoms with E-state index in [1.807, 2.05) is 0 Å². The number of nitrogens with one attached hydrogen (secondary N) is 1. The summed E-state index contributed by atoms with van der Waals surface area (Å²) < 4.78 is 0. The first-order chi connectivity index (χ1) is 7.78. The minimum Gasteiger partial charge on any atom is -0.313 e. The molecule has 0 fully saturated rings. The summed E-state index contributed by atoms with van der Waals surface area (Å²) in [5.41, 5.74) is 0. The highest BCUT2D eigenvalue weighted by Gasteiger charge is 2.11. The van der Waals surface area contributed by atoms with Gasteiger partial charge in [0.05, 0.1) is 0 Å². The lowest BCUT2D eigenvalue weighted by Gasteiger charge is -2.27. The molecule has 0 bridgehead atoms. The van der Waals surface area contributed by atoms with Gasteiger partial charge in [0.2, 0.25) is 0 Å². The molecule has 98 valence electrons. The number of rotatable bonds is 11. The molecule has 0 rings (SSSR count). The van der Waals surface area contributed by atoms with Gasteiger partial charge in [0, 0.05) is 12.6 Å². The average molecular weight is 228 g/mol. The monoisotopic (exact) mass is 228 g/mol. The maximum Gasteiger partial charge on any atom is 0.0194 e. The Balaban J connectivity index is 3.98. The molecule has 0 aliphatic carbocycles. The summed E-state index contributed by atoms with van der Waals surface area (Å²) in [5.74, 6) is 0. The SMILES string of the molecule is CCCNC(CCC)CN(CCC)CCC. The fourth-order valence-corrected chi connectivity index (χ4v) is 2.19. The van der Waals surface area contributed by atoms with Crippen LogP contribution in [0.3, 0.4) is 0 Å². The van der Waals surface area contributed by atoms with E-state index in [1.165, 1.54) is 51.7 Å². The molecule has 0 radical (unpaired) electrons. The Kier molecular flexibility index (Phi) is 11.3. The van der Waals surface area contributed by atoms with Crippen molar-refractivity contribution in [3.05, 3.63) is 0 Å². The number of hydrogen-bond donors (Lipinski definition) is 1. The molecule has 16 heavy (non-hydrogen) atoms. The van der Waals surface area contributed by atoms with Gasteiger partial charge in [0.1, 0.15) is 0 Å². The molecule has 1 N–H and O–H groups in total. The first-order valence-electron chi connectivity index (χ1n) is 7.24. The molecule has 0 aromatic heterocycles. The Bertz CT molecular complexity index is 131. The molecule has 0 saturated heterocycles. The van der Waals surface area contributed by atoms with E-state index in [4.69, 9.17) is 0 Å². The molecule has 2 nitrogen and oxygen atoms in total. The Morgan fingerprint density at radius 3 is 1.94 bits per heavy atom. The van der Waals surface area contributed by atoms with E-state index in [2.05, 4.69) is 37.9 Å². The molecule has 1 unspecified atom stereocenters. The van der Waals surface area contributed by atoms with Crippen LogP contribution >= 0.6 is 0 Å². The molecular formula is C14H32N2. The van der Waals surface area contributed by atoms with E-state index >= 15 is 0 Å². The van der Waals surface area contributed by atoms with Gasteiger partial charge in [-0.2, -0.15) is 0 Å². The lowest BCUT2D eigenvalue weighted by molar-refractivity contribution is 0.236. The summed E-state index contributed by atoms with van der Waals surface area (Å²) in [6.07, 6.45) is 6.37. The van der Waals surface area contributed by atoms with Crippen molar-refractivity contribution in [2.45, 2.75) is 65.8 Å². The average Bonchev–Trinajstić information content (AvgIpc) is 2.27. The molecular weight excluding hydrogens is 196 g/mol. The molecule has 0 saturated carbocycles. The highest BCUT2D eigenvalue weighted by atomic mass is 15.1. The third kappa shape index (κ3) is 8.12. The third-order valence-corrected chi connectivity index (χ3v) is 2.88. The molecule has 2 heteroatoms. The number of hydrogen-bond acceptors (Lipinski definition) is 2. The van der Waals surface area contributed by atoms with Gasteiger partial charge in [-0.05, 0) is 45.3 Å². The highest BCUT2D eigenvalue weighted by molar-refractivity contribution is 4.71. The van der Waals surface area contributed by atoms with Gasteiger partial charge in [-0.3, -0.25) is 0 Å². The van der Waals surface area contributed by atoms with Crippen molar-refractivity contribution in [2.75, 3.05) is 26.2 Å². The van der Waals surface area contributed by atoms with Gasteiger partial charge in [0.25, 0.3) is 0 Å². The minimum atomic E-state index is 0.697. The smallest absolute Gasteiger partial charge is 0.0194 e. The summed E-state index contributed by atoms with van der Waals surface area (Å²) in [7, 11) is 0. The van der Waals surface area contributed by atoms with Crippen LogP contribution < -0.4 is 5.32 Å². The van der Waals surface area contributed by atoms with E-state index in [0.29, 0.717) is 6.04 Å². The van der Waals surface area contributed by atoms with Crippen molar-refractivity contribution in [3.63, 3.8) is 0 Å². The van der Waals surface area contributed by atoms with Crippen molar-refractivity contribution in [2.24, 2.45) is 0 Å². The second-order valence-corrected chi connectivity index (χ2v) is 4.74. The molecule has 0 aliphatic rings. The van der Waals surface area contributed by atoms with Crippen molar-refractivity contribution >= 4 is 0 Å². The Labute approximate surface area is 103 Å². The first kappa shape index (κ1) is 15.9. The molecule has 0 aromatic rings. The second-order valence-electron chi connectivity index (χ2n) is 4.74. The third-order valence-electron chi connectivity index (χ3n) is 2.88. The van der Waals surface area contributed by atoms with E-state index in [0.717, 1.165) is 6.54 Å². The lowest BCUT2D eigenvalue weighted by atomic mass is 10.1. The van der Waals surface area contributed by atoms with E-state index in [9.17, 15) is 0 Å². The predicted molar refractivity (Wildman–Crippen MR) is 74.0 cm³/mol. The fourth-order valence-electron chi connectivity index (χ4n) is 2.19. The molecule has 0 heterocycles. The van der Waals surface area contributed by atoms with Crippen LogP contribution in [0, 0.1) is 0 Å². The predicted octanol–water partition coefficient (Wildman–Crippen LogP) is 3.28. The Hall–Kier alpha value is -0.0800. The lowest BCUT2D eigenvalue weighted by Crippen LogP contribution is -2.42. The maximum atomic E-state index is 3.68. The van der Waals surface area contributed by atoms with Crippen LogP contribution in [0.1, 0.15) is 59.8 Å². The first-order valence-corrected chi connectivity index (χ1v) is 7.24. The van der Waals surface area contributed by atoms with Crippen LogP contribution in [0.4, 0.5) is 0 Å². The van der Waals surface area contributed by atoms with Gasteiger partial charge in [0.15, 0.2) is 0 Å². The van der Waals surface area contributed by atoms with Crippen LogP contribution in [-0.4, -0.2) is 37.1 Å². The molecule has 0 amide bonds. The normalized spacial score (nSPS) is 13.3. The maximum absolute atomic E-state index is 3.68. The van der Waals surface area contributed by atoms with Gasteiger partial charge in [-0.1, -0.05) is 34.1 Å². The molecule has 1 atom stereocenters. The summed E-state index contributed by atoms with van der Waals surface area (Å²) >= 11 is 0. The van der Waals surface area contributed by atoms with Crippen LogP contribution in [0.25, 0.3) is 0 Å². The molecule has 0 spiro atoms. The molecule has 0 aliphatic heterocycles. The summed E-state index contributed by atoms with van der Waals surface area (Å²) in [6.45, 7) is 14.0. The zero-order valence-corrected chi connectivity index (χ0v) is 11.9. The summed E-state index contributed by atoms with van der Waals surface area (Å²) in [6, 6.07) is 0.697. The Morgan fingerprint density at radius 2 is 1.50 bits per heavy atom. The van der Waals surface area contributed by atoms with Crippen LogP contribution in [0.2, 0.25) is 0 Å². The zero-order valence-electron chi connectivity index (χ0n) is 11.9. The van der Waals surface area contributed by atoms with Gasteiger partial charge in [-0.15, -0.1) is 0 Å². The van der Waals surface area contributed by atoms with Crippen molar-refractivity contribution < 1.29 is 0 Å². The Morgan fingerprint density at radius 1 is 0.875 bits per heavy atom. The topological polar surface area (TPSA) is 15.3 Å². The van der Waals surface area contributed by atoms with Crippen LogP contribution in [0.5, 0.6) is 0 Å². The van der Waals surface area contributed by atoms with Crippen LogP contribution in [0.15, 0.2) is 0 Å². The minimum absolute atomic E-state index is 0.697. The summed E-state index contributed by atoms with van der Waals surface area (Å²) in [5, 5.41) is 3.68. The number of nitrogens with zero attached hydrogens (tertiary/aromatic N) is 1. The molecule has 0 aromatic carbocycles.